The zero-order valence-corrected chi connectivity index (χ0v) is 21.1. The van der Waals surface area contributed by atoms with E-state index in [4.69, 9.17) is 14.7 Å². The van der Waals surface area contributed by atoms with Crippen LogP contribution in [0.25, 0.3) is 21.8 Å². The van der Waals surface area contributed by atoms with Crippen molar-refractivity contribution in [2.24, 2.45) is 0 Å². The number of hydrogen-bond donors (Lipinski definition) is 3. The third-order valence-electron chi connectivity index (χ3n) is 5.82. The lowest BCUT2D eigenvalue weighted by molar-refractivity contribution is 0.122. The fourth-order valence-electron chi connectivity index (χ4n) is 3.98. The summed E-state index contributed by atoms with van der Waals surface area (Å²) in [7, 11) is 0. The van der Waals surface area contributed by atoms with Gasteiger partial charge in [0.1, 0.15) is 5.82 Å². The zero-order chi connectivity index (χ0) is 24.9. The topological polar surface area (TPSA) is 108 Å². The number of aliphatic hydroxyl groups is 1. The van der Waals surface area contributed by atoms with E-state index in [-0.39, 0.29) is 0 Å². The standard InChI is InChI=1S/C26H29N7O2S/c1-3-27-26-32-23(19-6-4-5-18(15-19)17(2)34)24(36-26)21-9-10-28-25(31-21)30-20-7-8-22(29-16-20)33-11-13-35-14-12-33/h4-10,15-17,34H,3,11-14H2,1-2H3,(H,27,32)(H,28,30,31). The molecule has 4 aromatic rings. The molecular formula is C26H29N7O2S. The first-order chi connectivity index (χ1) is 17.6. The number of ether oxygens (including phenoxy) is 1. The lowest BCUT2D eigenvalue weighted by atomic mass is 10.0. The van der Waals surface area contributed by atoms with Gasteiger partial charge >= 0.3 is 0 Å². The lowest BCUT2D eigenvalue weighted by Gasteiger charge is -2.27. The lowest BCUT2D eigenvalue weighted by Crippen LogP contribution is -2.36. The first-order valence-electron chi connectivity index (χ1n) is 12.0. The van der Waals surface area contributed by atoms with Crippen LogP contribution < -0.4 is 15.5 Å². The van der Waals surface area contributed by atoms with Crippen molar-refractivity contribution in [3.8, 4) is 21.8 Å². The molecule has 186 valence electrons. The van der Waals surface area contributed by atoms with E-state index in [9.17, 15) is 5.11 Å². The van der Waals surface area contributed by atoms with E-state index in [1.165, 1.54) is 0 Å². The van der Waals surface area contributed by atoms with Gasteiger partial charge in [0.05, 0.1) is 47.5 Å². The van der Waals surface area contributed by atoms with Crippen LogP contribution in [-0.2, 0) is 4.74 Å². The van der Waals surface area contributed by atoms with Crippen LogP contribution >= 0.6 is 11.3 Å². The summed E-state index contributed by atoms with van der Waals surface area (Å²) >= 11 is 1.55. The van der Waals surface area contributed by atoms with E-state index in [0.717, 1.165) is 76.9 Å². The van der Waals surface area contributed by atoms with E-state index in [0.29, 0.717) is 5.95 Å². The Labute approximate surface area is 214 Å². The highest BCUT2D eigenvalue weighted by Gasteiger charge is 2.18. The number of morpholine rings is 1. The third-order valence-corrected chi connectivity index (χ3v) is 6.86. The Morgan fingerprint density at radius 2 is 1.97 bits per heavy atom. The molecule has 9 nitrogen and oxygen atoms in total. The summed E-state index contributed by atoms with van der Waals surface area (Å²) in [6, 6.07) is 13.7. The largest absolute Gasteiger partial charge is 0.389 e. The van der Waals surface area contributed by atoms with Crippen LogP contribution in [0.3, 0.4) is 0 Å². The molecule has 0 radical (unpaired) electrons. The first kappa shape index (κ1) is 24.1. The molecule has 0 bridgehead atoms. The Morgan fingerprint density at radius 3 is 2.72 bits per heavy atom. The normalized spacial score (nSPS) is 14.5. The second kappa shape index (κ2) is 11.0. The second-order valence-corrected chi connectivity index (χ2v) is 9.42. The van der Waals surface area contributed by atoms with Crippen molar-refractivity contribution in [2.75, 3.05) is 48.4 Å². The number of benzene rings is 1. The summed E-state index contributed by atoms with van der Waals surface area (Å²) in [6.45, 7) is 7.70. The average Bonchev–Trinajstić information content (AvgIpc) is 3.34. The monoisotopic (exact) mass is 503 g/mol. The summed E-state index contributed by atoms with van der Waals surface area (Å²) in [5, 5.41) is 17.5. The first-order valence-corrected chi connectivity index (χ1v) is 12.8. The Bertz CT molecular complexity index is 1300. The Hall–Kier alpha value is -3.60. The minimum absolute atomic E-state index is 0.482. The number of pyridine rings is 1. The molecule has 36 heavy (non-hydrogen) atoms. The molecule has 3 aromatic heterocycles. The van der Waals surface area contributed by atoms with Crippen LogP contribution in [0.5, 0.6) is 0 Å². The molecule has 3 N–H and O–H groups in total. The molecule has 1 saturated heterocycles. The summed E-state index contributed by atoms with van der Waals surface area (Å²) in [5.41, 5.74) is 4.17. The van der Waals surface area contributed by atoms with Crippen molar-refractivity contribution in [2.45, 2.75) is 20.0 Å². The highest BCUT2D eigenvalue weighted by atomic mass is 32.1. The number of rotatable bonds is 8. The summed E-state index contributed by atoms with van der Waals surface area (Å²) < 4.78 is 5.42. The molecule has 5 rings (SSSR count). The second-order valence-electron chi connectivity index (χ2n) is 8.42. The Kier molecular flexibility index (Phi) is 7.36. The summed E-state index contributed by atoms with van der Waals surface area (Å²) in [4.78, 5) is 21.8. The number of thiazole rings is 1. The average molecular weight is 504 g/mol. The fraction of sp³-hybridized carbons (Fsp3) is 0.308. The maximum atomic E-state index is 10.1. The molecule has 1 atom stereocenters. The predicted octanol–water partition coefficient (Wildman–Crippen LogP) is 4.73. The fourth-order valence-corrected chi connectivity index (χ4v) is 5.00. The predicted molar refractivity (Wildman–Crippen MR) is 144 cm³/mol. The third kappa shape index (κ3) is 5.46. The van der Waals surface area contributed by atoms with E-state index >= 15 is 0 Å². The maximum Gasteiger partial charge on any atom is 0.227 e. The highest BCUT2D eigenvalue weighted by molar-refractivity contribution is 7.19. The van der Waals surface area contributed by atoms with E-state index in [2.05, 4.69) is 25.5 Å². The Balaban J connectivity index is 1.42. The molecule has 1 aliphatic rings. The maximum absolute atomic E-state index is 10.1. The van der Waals surface area contributed by atoms with Crippen LogP contribution in [0.1, 0.15) is 25.5 Å². The SMILES string of the molecule is CCNc1nc(-c2cccc(C(C)O)c2)c(-c2ccnc(Nc3ccc(N4CCOCC4)nc3)n2)s1. The van der Waals surface area contributed by atoms with Crippen molar-refractivity contribution in [1.29, 1.82) is 0 Å². The van der Waals surface area contributed by atoms with Crippen molar-refractivity contribution in [1.82, 2.24) is 19.9 Å². The van der Waals surface area contributed by atoms with Crippen LogP contribution in [-0.4, -0.2) is 57.9 Å². The number of aromatic nitrogens is 4. The molecule has 0 amide bonds. The van der Waals surface area contributed by atoms with Gasteiger partial charge in [-0.2, -0.15) is 0 Å². The summed E-state index contributed by atoms with van der Waals surface area (Å²) in [6.07, 6.45) is 2.98. The van der Waals surface area contributed by atoms with Crippen molar-refractivity contribution in [3.63, 3.8) is 0 Å². The number of aliphatic hydroxyl groups excluding tert-OH is 1. The van der Waals surface area contributed by atoms with Gasteiger partial charge in [0, 0.05) is 31.4 Å². The van der Waals surface area contributed by atoms with Crippen molar-refractivity contribution >= 4 is 33.9 Å². The number of nitrogens with one attached hydrogen (secondary N) is 2. The highest BCUT2D eigenvalue weighted by Crippen LogP contribution is 2.39. The minimum Gasteiger partial charge on any atom is -0.389 e. The van der Waals surface area contributed by atoms with Crippen LogP contribution in [0.15, 0.2) is 54.9 Å². The molecule has 1 aliphatic heterocycles. The smallest absolute Gasteiger partial charge is 0.227 e. The molecule has 0 spiro atoms. The molecular weight excluding hydrogens is 474 g/mol. The minimum atomic E-state index is -0.557. The summed E-state index contributed by atoms with van der Waals surface area (Å²) in [5.74, 6) is 1.42. The van der Waals surface area contributed by atoms with Gasteiger partial charge in [-0.25, -0.2) is 19.9 Å². The van der Waals surface area contributed by atoms with Crippen LogP contribution in [0, 0.1) is 0 Å². The van der Waals surface area contributed by atoms with Gasteiger partial charge in [0.15, 0.2) is 5.13 Å². The van der Waals surface area contributed by atoms with Gasteiger partial charge in [-0.1, -0.05) is 29.5 Å². The van der Waals surface area contributed by atoms with E-state index in [1.54, 1.807) is 30.7 Å². The van der Waals surface area contributed by atoms with Gasteiger partial charge in [-0.3, -0.25) is 0 Å². The van der Waals surface area contributed by atoms with E-state index in [1.807, 2.05) is 49.4 Å². The van der Waals surface area contributed by atoms with Gasteiger partial charge in [-0.15, -0.1) is 0 Å². The van der Waals surface area contributed by atoms with Crippen molar-refractivity contribution < 1.29 is 9.84 Å². The Morgan fingerprint density at radius 1 is 1.11 bits per heavy atom. The number of anilines is 4. The molecule has 1 fully saturated rings. The number of hydrogen-bond acceptors (Lipinski definition) is 10. The molecule has 1 aromatic carbocycles. The van der Waals surface area contributed by atoms with Crippen LogP contribution in [0.4, 0.5) is 22.6 Å². The molecule has 0 aliphatic carbocycles. The molecule has 4 heterocycles. The zero-order valence-electron chi connectivity index (χ0n) is 20.3. The van der Waals surface area contributed by atoms with Gasteiger partial charge < -0.3 is 25.4 Å². The van der Waals surface area contributed by atoms with Crippen molar-refractivity contribution in [3.05, 3.63) is 60.4 Å². The van der Waals surface area contributed by atoms with E-state index < -0.39 is 6.10 Å². The quantitative estimate of drug-likeness (QED) is 0.314. The van der Waals surface area contributed by atoms with Gasteiger partial charge in [0.2, 0.25) is 5.95 Å². The van der Waals surface area contributed by atoms with Crippen LogP contribution in [0.2, 0.25) is 0 Å². The molecule has 1 unspecified atom stereocenters. The number of nitrogens with zero attached hydrogens (tertiary/aromatic N) is 5. The molecule has 0 saturated carbocycles. The molecule has 10 heteroatoms. The van der Waals surface area contributed by atoms with Gasteiger partial charge in [-0.05, 0) is 43.7 Å². The van der Waals surface area contributed by atoms with Gasteiger partial charge in [0.25, 0.3) is 0 Å².